The summed E-state index contributed by atoms with van der Waals surface area (Å²) in [5, 5.41) is 6.08. The van der Waals surface area contributed by atoms with Gasteiger partial charge in [0.1, 0.15) is 30.5 Å². The lowest BCUT2D eigenvalue weighted by Crippen LogP contribution is -2.32. The molecule has 0 spiro atoms. The molecule has 1 unspecified atom stereocenters. The third kappa shape index (κ3) is 4.28. The van der Waals surface area contributed by atoms with Gasteiger partial charge in [0.25, 0.3) is 5.91 Å². The standard InChI is InChI=1S/C19H22N4O4/c1-12-21-15(19(24)20-11-14-3-2-6-25-14)10-18(22-12)23-13-4-5-16-17(9-13)27-8-7-26-16/h4-5,9-10,14H,2-3,6-8,11H2,1H3,(H,20,24)(H,21,22,23). The highest BCUT2D eigenvalue weighted by atomic mass is 16.6. The number of carbonyl (C=O) groups is 1. The molecule has 2 aromatic rings. The largest absolute Gasteiger partial charge is 0.486 e. The van der Waals surface area contributed by atoms with Gasteiger partial charge in [-0.3, -0.25) is 4.79 Å². The van der Waals surface area contributed by atoms with Crippen LogP contribution in [0, 0.1) is 6.92 Å². The molecule has 27 heavy (non-hydrogen) atoms. The van der Waals surface area contributed by atoms with Crippen molar-refractivity contribution in [3.05, 3.63) is 35.8 Å². The van der Waals surface area contributed by atoms with Gasteiger partial charge in [-0.15, -0.1) is 0 Å². The average molecular weight is 370 g/mol. The molecule has 1 atom stereocenters. The molecule has 8 nitrogen and oxygen atoms in total. The van der Waals surface area contributed by atoms with Gasteiger partial charge in [0.2, 0.25) is 0 Å². The number of rotatable bonds is 5. The van der Waals surface area contributed by atoms with Crippen molar-refractivity contribution in [3.63, 3.8) is 0 Å². The predicted octanol–water partition coefficient (Wildman–Crippen LogP) is 2.21. The summed E-state index contributed by atoms with van der Waals surface area (Å²) in [6, 6.07) is 7.21. The molecule has 2 N–H and O–H groups in total. The second kappa shape index (κ2) is 7.79. The lowest BCUT2D eigenvalue weighted by Gasteiger charge is -2.19. The van der Waals surface area contributed by atoms with Crippen molar-refractivity contribution in [1.82, 2.24) is 15.3 Å². The van der Waals surface area contributed by atoms with Crippen molar-refractivity contribution in [2.24, 2.45) is 0 Å². The molecule has 1 fully saturated rings. The lowest BCUT2D eigenvalue weighted by molar-refractivity contribution is 0.0853. The topological polar surface area (TPSA) is 94.6 Å². The number of nitrogens with zero attached hydrogens (tertiary/aromatic N) is 2. The third-order valence-electron chi connectivity index (χ3n) is 4.40. The zero-order valence-corrected chi connectivity index (χ0v) is 15.2. The number of carbonyl (C=O) groups excluding carboxylic acids is 1. The van der Waals surface area contributed by atoms with Crippen molar-refractivity contribution >= 4 is 17.4 Å². The number of aromatic nitrogens is 2. The first-order valence-corrected chi connectivity index (χ1v) is 9.09. The summed E-state index contributed by atoms with van der Waals surface area (Å²) in [7, 11) is 0. The maximum atomic E-state index is 12.4. The van der Waals surface area contributed by atoms with Crippen LogP contribution < -0.4 is 20.1 Å². The van der Waals surface area contributed by atoms with Crippen molar-refractivity contribution in [3.8, 4) is 11.5 Å². The molecule has 0 radical (unpaired) electrons. The predicted molar refractivity (Wildman–Crippen MR) is 98.8 cm³/mol. The quantitative estimate of drug-likeness (QED) is 0.833. The van der Waals surface area contributed by atoms with E-state index in [2.05, 4.69) is 20.6 Å². The van der Waals surface area contributed by atoms with E-state index in [1.165, 1.54) is 0 Å². The summed E-state index contributed by atoms with van der Waals surface area (Å²) in [6.45, 7) is 4.09. The monoisotopic (exact) mass is 370 g/mol. The van der Waals surface area contributed by atoms with E-state index in [-0.39, 0.29) is 12.0 Å². The zero-order valence-electron chi connectivity index (χ0n) is 15.2. The highest BCUT2D eigenvalue weighted by molar-refractivity contribution is 5.93. The molecular weight excluding hydrogens is 348 g/mol. The first-order valence-electron chi connectivity index (χ1n) is 9.09. The molecule has 1 aromatic carbocycles. The van der Waals surface area contributed by atoms with E-state index in [9.17, 15) is 4.79 Å². The normalized spacial score (nSPS) is 18.2. The van der Waals surface area contributed by atoms with Crippen LogP contribution in [-0.2, 0) is 4.74 Å². The molecular formula is C19H22N4O4. The fourth-order valence-electron chi connectivity index (χ4n) is 3.12. The Kier molecular flexibility index (Phi) is 5.06. The lowest BCUT2D eigenvalue weighted by atomic mass is 10.2. The van der Waals surface area contributed by atoms with Gasteiger partial charge in [0.05, 0.1) is 6.10 Å². The second-order valence-corrected chi connectivity index (χ2v) is 6.51. The number of aryl methyl sites for hydroxylation is 1. The Morgan fingerprint density at radius 1 is 1.15 bits per heavy atom. The van der Waals surface area contributed by atoms with Crippen LogP contribution in [0.5, 0.6) is 11.5 Å². The van der Waals surface area contributed by atoms with Gasteiger partial charge in [0, 0.05) is 31.0 Å². The highest BCUT2D eigenvalue weighted by Crippen LogP contribution is 2.33. The van der Waals surface area contributed by atoms with E-state index < -0.39 is 0 Å². The fraction of sp³-hybridized carbons (Fsp3) is 0.421. The van der Waals surface area contributed by atoms with Crippen LogP contribution in [0.3, 0.4) is 0 Å². The van der Waals surface area contributed by atoms with E-state index >= 15 is 0 Å². The second-order valence-electron chi connectivity index (χ2n) is 6.51. The molecule has 0 bridgehead atoms. The SMILES string of the molecule is Cc1nc(Nc2ccc3c(c2)OCCO3)cc(C(=O)NCC2CCCO2)n1. The first-order chi connectivity index (χ1) is 13.2. The zero-order chi connectivity index (χ0) is 18.6. The minimum Gasteiger partial charge on any atom is -0.486 e. The number of ether oxygens (including phenoxy) is 3. The number of hydrogen-bond acceptors (Lipinski definition) is 7. The molecule has 142 valence electrons. The van der Waals surface area contributed by atoms with Gasteiger partial charge in [0.15, 0.2) is 11.5 Å². The van der Waals surface area contributed by atoms with Crippen molar-refractivity contribution in [2.45, 2.75) is 25.9 Å². The van der Waals surface area contributed by atoms with Crippen LogP contribution in [-0.4, -0.2) is 48.3 Å². The van der Waals surface area contributed by atoms with Crippen LogP contribution in [0.15, 0.2) is 24.3 Å². The fourth-order valence-corrected chi connectivity index (χ4v) is 3.12. The molecule has 1 aromatic heterocycles. The Morgan fingerprint density at radius 2 is 2.00 bits per heavy atom. The molecule has 8 heteroatoms. The Labute approximate surface area is 157 Å². The third-order valence-corrected chi connectivity index (χ3v) is 4.40. The molecule has 3 heterocycles. The summed E-state index contributed by atoms with van der Waals surface area (Å²) >= 11 is 0. The number of anilines is 2. The van der Waals surface area contributed by atoms with Crippen molar-refractivity contribution in [1.29, 1.82) is 0 Å². The Balaban J connectivity index is 1.46. The molecule has 4 rings (SSSR count). The summed E-state index contributed by atoms with van der Waals surface area (Å²) in [4.78, 5) is 21.0. The van der Waals surface area contributed by atoms with E-state index in [0.717, 1.165) is 30.9 Å². The maximum absolute atomic E-state index is 12.4. The van der Waals surface area contributed by atoms with Crippen molar-refractivity contribution in [2.75, 3.05) is 31.7 Å². The van der Waals surface area contributed by atoms with Crippen LogP contribution in [0.4, 0.5) is 11.5 Å². The molecule has 0 saturated carbocycles. The number of hydrogen-bond donors (Lipinski definition) is 2. The van der Waals surface area contributed by atoms with Gasteiger partial charge >= 0.3 is 0 Å². The number of nitrogens with one attached hydrogen (secondary N) is 2. The minimum absolute atomic E-state index is 0.0900. The Morgan fingerprint density at radius 3 is 2.81 bits per heavy atom. The van der Waals surface area contributed by atoms with Crippen LogP contribution in [0.25, 0.3) is 0 Å². The van der Waals surface area contributed by atoms with E-state index in [0.29, 0.717) is 42.8 Å². The Hall–Kier alpha value is -2.87. The summed E-state index contributed by atoms with van der Waals surface area (Å²) in [5.41, 5.74) is 1.11. The van der Waals surface area contributed by atoms with Gasteiger partial charge < -0.3 is 24.8 Å². The van der Waals surface area contributed by atoms with Gasteiger partial charge in [-0.25, -0.2) is 9.97 Å². The van der Waals surface area contributed by atoms with Crippen LogP contribution in [0.2, 0.25) is 0 Å². The first kappa shape index (κ1) is 17.5. The number of benzene rings is 1. The van der Waals surface area contributed by atoms with Crippen LogP contribution >= 0.6 is 0 Å². The molecule has 2 aliphatic rings. The number of amides is 1. The minimum atomic E-state index is -0.235. The van der Waals surface area contributed by atoms with Crippen LogP contribution in [0.1, 0.15) is 29.2 Å². The van der Waals surface area contributed by atoms with E-state index in [4.69, 9.17) is 14.2 Å². The maximum Gasteiger partial charge on any atom is 0.270 e. The molecule has 1 saturated heterocycles. The smallest absolute Gasteiger partial charge is 0.270 e. The highest BCUT2D eigenvalue weighted by Gasteiger charge is 2.18. The van der Waals surface area contributed by atoms with Gasteiger partial charge in [-0.1, -0.05) is 0 Å². The van der Waals surface area contributed by atoms with Gasteiger partial charge in [-0.05, 0) is 31.9 Å². The summed E-state index contributed by atoms with van der Waals surface area (Å²) in [6.07, 6.45) is 2.10. The summed E-state index contributed by atoms with van der Waals surface area (Å²) < 4.78 is 16.6. The Bertz CT molecular complexity index is 836. The molecule has 1 amide bonds. The summed E-state index contributed by atoms with van der Waals surface area (Å²) in [5.74, 6) is 2.23. The number of fused-ring (bicyclic) bond motifs is 1. The van der Waals surface area contributed by atoms with E-state index in [1.807, 2.05) is 18.2 Å². The van der Waals surface area contributed by atoms with Gasteiger partial charge in [-0.2, -0.15) is 0 Å². The van der Waals surface area contributed by atoms with E-state index in [1.54, 1.807) is 13.0 Å². The average Bonchev–Trinajstić information content (AvgIpc) is 3.19. The molecule has 2 aliphatic heterocycles. The van der Waals surface area contributed by atoms with Crippen molar-refractivity contribution < 1.29 is 19.0 Å². The molecule has 0 aliphatic carbocycles.